The number of carbonyl (C=O) groups is 4. The van der Waals surface area contributed by atoms with Crippen molar-refractivity contribution in [2.24, 2.45) is 11.5 Å². The Morgan fingerprint density at radius 3 is 2.64 bits per heavy atom. The van der Waals surface area contributed by atoms with Gasteiger partial charge < -0.3 is 26.6 Å². The number of halogens is 2. The summed E-state index contributed by atoms with van der Waals surface area (Å²) in [6.07, 6.45) is 3.58. The maximum atomic E-state index is 13.9. The van der Waals surface area contributed by atoms with Gasteiger partial charge in [-0.05, 0) is 60.2 Å². The molecule has 0 bridgehead atoms. The summed E-state index contributed by atoms with van der Waals surface area (Å²) >= 11 is 0. The number of carbonyl (C=O) groups excluding carboxylic acids is 3. The lowest BCUT2D eigenvalue weighted by Crippen LogP contribution is -2.29. The van der Waals surface area contributed by atoms with Gasteiger partial charge in [0.05, 0.1) is 17.8 Å². The number of fused-ring (bicyclic) bond motifs is 2. The van der Waals surface area contributed by atoms with Crippen LogP contribution >= 0.6 is 12.4 Å². The van der Waals surface area contributed by atoms with E-state index in [-0.39, 0.29) is 36.4 Å². The van der Waals surface area contributed by atoms with Crippen LogP contribution in [0.4, 0.5) is 4.39 Å². The minimum atomic E-state index is -1.39. The first-order valence-corrected chi connectivity index (χ1v) is 13.1. The number of amides is 2. The molecule has 2 heterocycles. The van der Waals surface area contributed by atoms with Crippen LogP contribution in [0, 0.1) is 12.7 Å². The number of primary amides is 1. The van der Waals surface area contributed by atoms with Gasteiger partial charge >= 0.3 is 11.9 Å². The van der Waals surface area contributed by atoms with Crippen molar-refractivity contribution < 1.29 is 33.4 Å². The molecule has 5 rings (SSSR count). The molecule has 14 heteroatoms. The second kappa shape index (κ2) is 14.4. The molecule has 0 radical (unpaired) electrons. The summed E-state index contributed by atoms with van der Waals surface area (Å²) in [5.74, 6) is -3.70. The van der Waals surface area contributed by atoms with Gasteiger partial charge in [-0.1, -0.05) is 30.9 Å². The van der Waals surface area contributed by atoms with Crippen LogP contribution in [0.15, 0.2) is 61.3 Å². The van der Waals surface area contributed by atoms with Crippen molar-refractivity contribution in [1.29, 1.82) is 0 Å². The van der Waals surface area contributed by atoms with Gasteiger partial charge in [0.2, 0.25) is 5.91 Å². The minimum absolute atomic E-state index is 0. The molecule has 4 aromatic rings. The normalized spacial score (nSPS) is 13.1. The third-order valence-corrected chi connectivity index (χ3v) is 6.88. The molecule has 0 fully saturated rings. The molecule has 1 aliphatic rings. The maximum Gasteiger partial charge on any atom is 0.354 e. The maximum absolute atomic E-state index is 13.9. The number of hydrogen-bond donors (Lipinski definition) is 4. The number of hydrogen-bond acceptors (Lipinski definition) is 8. The van der Waals surface area contributed by atoms with E-state index in [0.717, 1.165) is 39.0 Å². The summed E-state index contributed by atoms with van der Waals surface area (Å²) in [5, 5.41) is 15.9. The molecule has 0 saturated heterocycles. The van der Waals surface area contributed by atoms with Gasteiger partial charge in [0.1, 0.15) is 12.3 Å². The summed E-state index contributed by atoms with van der Waals surface area (Å²) in [7, 11) is 0. The fraction of sp³-hybridized carbons (Fsp3) is 0.200. The number of aromatic carboxylic acids is 1. The summed E-state index contributed by atoms with van der Waals surface area (Å²) in [6.45, 7) is 5.89. The number of nitrogens with two attached hydrogens (primary N) is 2. The lowest BCUT2D eigenvalue weighted by atomic mass is 9.98. The van der Waals surface area contributed by atoms with Gasteiger partial charge in [0.15, 0.2) is 17.2 Å². The predicted molar refractivity (Wildman–Crippen MR) is 160 cm³/mol. The molecular weight excluding hydrogens is 595 g/mol. The predicted octanol–water partition coefficient (Wildman–Crippen LogP) is 3.30. The lowest BCUT2D eigenvalue weighted by molar-refractivity contribution is 0.0547. The Bertz CT molecular complexity index is 1760. The Hall–Kier alpha value is -5.14. The molecule has 0 spiro atoms. The SMILES string of the molecule is C=CCOC(=O)c1ccc2c(c1C)CC[C@@H]2NC(=O)c1cc(C(=O)O)nc2c(F)cnn12.Cl.NCc1cccc(C(N)=O)c1. The van der Waals surface area contributed by atoms with Gasteiger partial charge in [-0.15, -0.1) is 12.4 Å². The van der Waals surface area contributed by atoms with Crippen molar-refractivity contribution in [2.45, 2.75) is 32.4 Å². The Balaban J connectivity index is 0.000000374. The van der Waals surface area contributed by atoms with Gasteiger partial charge in [-0.3, -0.25) is 9.59 Å². The third-order valence-electron chi connectivity index (χ3n) is 6.88. The topological polar surface area (TPSA) is 192 Å². The van der Waals surface area contributed by atoms with E-state index in [1.165, 1.54) is 6.08 Å². The molecule has 0 unspecified atom stereocenters. The highest BCUT2D eigenvalue weighted by atomic mass is 35.5. The average Bonchev–Trinajstić information content (AvgIpc) is 3.59. The van der Waals surface area contributed by atoms with E-state index in [1.54, 1.807) is 30.3 Å². The second-order valence-electron chi connectivity index (χ2n) is 9.59. The van der Waals surface area contributed by atoms with Crippen LogP contribution in [-0.4, -0.2) is 50.1 Å². The van der Waals surface area contributed by atoms with Crippen molar-refractivity contribution in [3.63, 3.8) is 0 Å². The van der Waals surface area contributed by atoms with Crippen LogP contribution in [0.5, 0.6) is 0 Å². The average molecular weight is 625 g/mol. The zero-order chi connectivity index (χ0) is 31.3. The zero-order valence-corrected chi connectivity index (χ0v) is 24.4. The molecule has 2 amide bonds. The van der Waals surface area contributed by atoms with Crippen molar-refractivity contribution >= 4 is 41.8 Å². The largest absolute Gasteiger partial charge is 0.477 e. The number of carboxylic acids is 1. The molecule has 1 atom stereocenters. The number of carboxylic acid groups (broad SMARTS) is 1. The van der Waals surface area contributed by atoms with E-state index >= 15 is 0 Å². The summed E-state index contributed by atoms with van der Waals surface area (Å²) in [6, 6.07) is 11.1. The van der Waals surface area contributed by atoms with Crippen LogP contribution in [0.25, 0.3) is 5.65 Å². The highest BCUT2D eigenvalue weighted by molar-refractivity contribution is 5.96. The van der Waals surface area contributed by atoms with Crippen LogP contribution < -0.4 is 16.8 Å². The highest BCUT2D eigenvalue weighted by Gasteiger charge is 2.29. The Labute approximate surface area is 257 Å². The molecule has 12 nitrogen and oxygen atoms in total. The van der Waals surface area contributed by atoms with Crippen LogP contribution in [0.3, 0.4) is 0 Å². The molecule has 6 N–H and O–H groups in total. The van der Waals surface area contributed by atoms with E-state index in [0.29, 0.717) is 30.5 Å². The molecule has 1 aliphatic carbocycles. The zero-order valence-electron chi connectivity index (χ0n) is 23.6. The number of benzene rings is 2. The number of aromatic nitrogens is 3. The van der Waals surface area contributed by atoms with Gasteiger partial charge in [0.25, 0.3) is 5.91 Å². The smallest absolute Gasteiger partial charge is 0.354 e. The highest BCUT2D eigenvalue weighted by Crippen LogP contribution is 2.35. The Kier molecular flexibility index (Phi) is 10.9. The fourth-order valence-electron chi connectivity index (χ4n) is 4.75. The second-order valence-corrected chi connectivity index (χ2v) is 9.59. The lowest BCUT2D eigenvalue weighted by Gasteiger charge is -2.16. The number of nitrogens with one attached hydrogen (secondary N) is 1. The summed E-state index contributed by atoms with van der Waals surface area (Å²) < 4.78 is 20.0. The monoisotopic (exact) mass is 624 g/mol. The molecular formula is C30H30ClFN6O6. The van der Waals surface area contributed by atoms with Crippen molar-refractivity contribution in [3.8, 4) is 0 Å². The van der Waals surface area contributed by atoms with Crippen molar-refractivity contribution in [1.82, 2.24) is 19.9 Å². The Morgan fingerprint density at radius 2 is 1.98 bits per heavy atom. The molecule has 0 aliphatic heterocycles. The van der Waals surface area contributed by atoms with Crippen molar-refractivity contribution in [3.05, 3.63) is 112 Å². The molecule has 44 heavy (non-hydrogen) atoms. The van der Waals surface area contributed by atoms with E-state index in [1.807, 2.05) is 13.0 Å². The van der Waals surface area contributed by atoms with E-state index < -0.39 is 35.3 Å². The van der Waals surface area contributed by atoms with Gasteiger partial charge in [0, 0.05) is 18.2 Å². The summed E-state index contributed by atoms with van der Waals surface area (Å²) in [5.41, 5.74) is 13.9. The van der Waals surface area contributed by atoms with Gasteiger partial charge in [-0.25, -0.2) is 23.5 Å². The van der Waals surface area contributed by atoms with Crippen molar-refractivity contribution in [2.75, 3.05) is 6.61 Å². The number of nitrogens with zero attached hydrogens (tertiary/aromatic N) is 3. The minimum Gasteiger partial charge on any atom is -0.477 e. The first-order chi connectivity index (χ1) is 20.5. The van der Waals surface area contributed by atoms with Crippen LogP contribution in [0.1, 0.15) is 76.4 Å². The molecule has 230 valence electrons. The van der Waals surface area contributed by atoms with Gasteiger partial charge in [-0.2, -0.15) is 5.10 Å². The number of ether oxygens (including phenoxy) is 1. The first-order valence-electron chi connectivity index (χ1n) is 13.1. The van der Waals surface area contributed by atoms with E-state index in [2.05, 4.69) is 22.0 Å². The fourth-order valence-corrected chi connectivity index (χ4v) is 4.75. The quantitative estimate of drug-likeness (QED) is 0.168. The van der Waals surface area contributed by atoms with E-state index in [9.17, 15) is 28.7 Å². The first kappa shape index (κ1) is 33.4. The molecule has 0 saturated carbocycles. The van der Waals surface area contributed by atoms with Crippen LogP contribution in [0.2, 0.25) is 0 Å². The van der Waals surface area contributed by atoms with E-state index in [4.69, 9.17) is 16.2 Å². The Morgan fingerprint density at radius 1 is 1.23 bits per heavy atom. The number of rotatable bonds is 8. The molecule has 2 aromatic carbocycles. The summed E-state index contributed by atoms with van der Waals surface area (Å²) in [4.78, 5) is 50.9. The molecule has 2 aromatic heterocycles. The van der Waals surface area contributed by atoms with Crippen LogP contribution in [-0.2, 0) is 17.7 Å². The standard InChI is InChI=1S/C22H19FN4O5.C8H10N2O.ClH/c1-3-8-32-22(31)13-4-5-14-12(11(13)2)6-7-16(14)26-20(28)18-9-17(21(29)30)25-19-15(23)10-24-27(18)19;9-5-6-2-1-3-7(4-6)8(10)11;/h3-5,9-10,16H,1,6-8H2,2H3,(H,26,28)(H,29,30);1-4H,5,9H2,(H2,10,11);1H/t16-;;/m0../s1. The number of esters is 1. The third kappa shape index (κ3) is 7.07.